The van der Waals surface area contributed by atoms with Crippen molar-refractivity contribution in [2.45, 2.75) is 25.1 Å². The molecule has 3 nitrogen and oxygen atoms in total. The van der Waals surface area contributed by atoms with Gasteiger partial charge in [0, 0.05) is 35.5 Å². The molecular formula is C17H23N3S. The van der Waals surface area contributed by atoms with E-state index in [1.54, 1.807) is 0 Å². The highest BCUT2D eigenvalue weighted by Crippen LogP contribution is 2.34. The van der Waals surface area contributed by atoms with Gasteiger partial charge >= 0.3 is 0 Å². The quantitative estimate of drug-likeness (QED) is 0.941. The molecule has 2 heterocycles. The van der Waals surface area contributed by atoms with Gasteiger partial charge < -0.3 is 10.2 Å². The summed E-state index contributed by atoms with van der Waals surface area (Å²) < 4.78 is 0.292. The number of benzene rings is 1. The Morgan fingerprint density at radius 1 is 1.33 bits per heavy atom. The summed E-state index contributed by atoms with van der Waals surface area (Å²) in [5.41, 5.74) is 1.11. The highest BCUT2D eigenvalue weighted by atomic mass is 32.2. The number of aromatic nitrogens is 1. The summed E-state index contributed by atoms with van der Waals surface area (Å²) in [5, 5.41) is 5.76. The highest BCUT2D eigenvalue weighted by Gasteiger charge is 2.28. The maximum absolute atomic E-state index is 4.93. The van der Waals surface area contributed by atoms with E-state index in [2.05, 4.69) is 66.2 Å². The number of thioether (sulfide) groups is 1. The van der Waals surface area contributed by atoms with Gasteiger partial charge in [0.15, 0.2) is 0 Å². The SMILES string of the molecule is CNCc1cc2ccccc2c(N2CCSC(C)(C)C2)n1. The predicted molar refractivity (Wildman–Crippen MR) is 93.3 cm³/mol. The molecule has 1 aliphatic rings. The summed E-state index contributed by atoms with van der Waals surface area (Å²) >= 11 is 2.06. The van der Waals surface area contributed by atoms with Gasteiger partial charge in [0.05, 0.1) is 5.69 Å². The first-order chi connectivity index (χ1) is 10.1. The normalized spacial score (nSPS) is 18.1. The highest BCUT2D eigenvalue weighted by molar-refractivity contribution is 8.00. The Morgan fingerprint density at radius 2 is 2.14 bits per heavy atom. The Kier molecular flexibility index (Phi) is 4.09. The first-order valence-electron chi connectivity index (χ1n) is 7.51. The maximum atomic E-state index is 4.93. The lowest BCUT2D eigenvalue weighted by Crippen LogP contribution is -2.43. The number of hydrogen-bond donors (Lipinski definition) is 1. The average Bonchev–Trinajstić information content (AvgIpc) is 2.46. The second kappa shape index (κ2) is 5.85. The third-order valence-electron chi connectivity index (χ3n) is 3.86. The topological polar surface area (TPSA) is 28.2 Å². The van der Waals surface area contributed by atoms with Crippen LogP contribution < -0.4 is 10.2 Å². The van der Waals surface area contributed by atoms with Crippen LogP contribution in [0.5, 0.6) is 0 Å². The van der Waals surface area contributed by atoms with Crippen LogP contribution in [0, 0.1) is 0 Å². The molecule has 1 aliphatic heterocycles. The Labute approximate surface area is 131 Å². The number of rotatable bonds is 3. The van der Waals surface area contributed by atoms with Crippen molar-refractivity contribution in [2.24, 2.45) is 0 Å². The minimum atomic E-state index is 0.292. The van der Waals surface area contributed by atoms with Crippen molar-refractivity contribution in [2.75, 3.05) is 30.8 Å². The van der Waals surface area contributed by atoms with Gasteiger partial charge in [-0.1, -0.05) is 24.3 Å². The zero-order valence-corrected chi connectivity index (χ0v) is 13.8. The molecule has 4 heteroatoms. The molecule has 0 saturated carbocycles. The van der Waals surface area contributed by atoms with Crippen molar-refractivity contribution in [1.29, 1.82) is 0 Å². The second-order valence-corrected chi connectivity index (χ2v) is 8.02. The number of nitrogens with one attached hydrogen (secondary N) is 1. The zero-order valence-electron chi connectivity index (χ0n) is 13.0. The molecule has 1 fully saturated rings. The molecule has 0 atom stereocenters. The van der Waals surface area contributed by atoms with Crippen molar-refractivity contribution in [3.63, 3.8) is 0 Å². The van der Waals surface area contributed by atoms with Crippen LogP contribution in [0.1, 0.15) is 19.5 Å². The maximum Gasteiger partial charge on any atom is 0.136 e. The molecule has 1 N–H and O–H groups in total. The van der Waals surface area contributed by atoms with E-state index < -0.39 is 0 Å². The Morgan fingerprint density at radius 3 is 2.90 bits per heavy atom. The molecule has 0 bridgehead atoms. The van der Waals surface area contributed by atoms with Crippen LogP contribution in [0.3, 0.4) is 0 Å². The smallest absolute Gasteiger partial charge is 0.136 e. The monoisotopic (exact) mass is 301 g/mol. The van der Waals surface area contributed by atoms with Crippen LogP contribution in [-0.2, 0) is 6.54 Å². The van der Waals surface area contributed by atoms with E-state index in [4.69, 9.17) is 4.98 Å². The Balaban J connectivity index is 2.07. The lowest BCUT2D eigenvalue weighted by molar-refractivity contribution is 0.642. The number of hydrogen-bond acceptors (Lipinski definition) is 4. The van der Waals surface area contributed by atoms with Gasteiger partial charge in [0.25, 0.3) is 0 Å². The summed E-state index contributed by atoms with van der Waals surface area (Å²) in [7, 11) is 1.97. The van der Waals surface area contributed by atoms with E-state index in [0.717, 1.165) is 31.1 Å². The van der Waals surface area contributed by atoms with Crippen molar-refractivity contribution in [3.05, 3.63) is 36.0 Å². The van der Waals surface area contributed by atoms with E-state index in [-0.39, 0.29) is 0 Å². The van der Waals surface area contributed by atoms with Gasteiger partial charge in [-0.3, -0.25) is 0 Å². The summed E-state index contributed by atoms with van der Waals surface area (Å²) in [6.45, 7) is 7.59. The minimum absolute atomic E-state index is 0.292. The molecule has 0 spiro atoms. The van der Waals surface area contributed by atoms with E-state index in [0.29, 0.717) is 4.75 Å². The molecule has 1 aromatic heterocycles. The summed E-state index contributed by atoms with van der Waals surface area (Å²) in [6, 6.07) is 10.8. The lowest BCUT2D eigenvalue weighted by Gasteiger charge is -2.38. The van der Waals surface area contributed by atoms with Crippen molar-refractivity contribution in [3.8, 4) is 0 Å². The lowest BCUT2D eigenvalue weighted by atomic mass is 10.1. The van der Waals surface area contributed by atoms with Crippen molar-refractivity contribution < 1.29 is 0 Å². The minimum Gasteiger partial charge on any atom is -0.354 e. The first-order valence-corrected chi connectivity index (χ1v) is 8.50. The van der Waals surface area contributed by atoms with Gasteiger partial charge in [0.1, 0.15) is 5.82 Å². The van der Waals surface area contributed by atoms with Crippen molar-refractivity contribution in [1.82, 2.24) is 10.3 Å². The van der Waals surface area contributed by atoms with Crippen molar-refractivity contribution >= 4 is 28.4 Å². The molecule has 1 aromatic carbocycles. The molecule has 0 unspecified atom stereocenters. The third kappa shape index (κ3) is 3.16. The van der Waals surface area contributed by atoms with Crippen LogP contribution >= 0.6 is 11.8 Å². The number of pyridine rings is 1. The van der Waals surface area contributed by atoms with E-state index in [1.807, 2.05) is 7.05 Å². The standard InChI is InChI=1S/C17H23N3S/c1-17(2)12-20(8-9-21-17)16-15-7-5-4-6-13(15)10-14(19-16)11-18-3/h4-7,10,18H,8-9,11-12H2,1-3H3. The number of nitrogens with zero attached hydrogens (tertiary/aromatic N) is 2. The fourth-order valence-corrected chi connectivity index (χ4v) is 4.06. The molecule has 3 rings (SSSR count). The third-order valence-corrected chi connectivity index (χ3v) is 5.15. The molecule has 21 heavy (non-hydrogen) atoms. The van der Waals surface area contributed by atoms with Crippen LogP contribution in [0.25, 0.3) is 10.8 Å². The van der Waals surface area contributed by atoms with Gasteiger partial charge in [-0.2, -0.15) is 11.8 Å². The summed E-state index contributed by atoms with van der Waals surface area (Å²) in [6.07, 6.45) is 0. The molecule has 0 radical (unpaired) electrons. The van der Waals surface area contributed by atoms with E-state index in [1.165, 1.54) is 16.5 Å². The van der Waals surface area contributed by atoms with Crippen LogP contribution in [0.4, 0.5) is 5.82 Å². The van der Waals surface area contributed by atoms with Crippen LogP contribution in [0.2, 0.25) is 0 Å². The van der Waals surface area contributed by atoms with Crippen LogP contribution in [-0.4, -0.2) is 35.6 Å². The Hall–Kier alpha value is -1.26. The molecule has 0 amide bonds. The first kappa shape index (κ1) is 14.7. The summed E-state index contributed by atoms with van der Waals surface area (Å²) in [5.74, 6) is 2.31. The van der Waals surface area contributed by atoms with Gasteiger partial charge in [-0.05, 0) is 32.3 Å². The molecular weight excluding hydrogens is 278 g/mol. The molecule has 1 saturated heterocycles. The van der Waals surface area contributed by atoms with Gasteiger partial charge in [0.2, 0.25) is 0 Å². The largest absolute Gasteiger partial charge is 0.354 e. The van der Waals surface area contributed by atoms with E-state index >= 15 is 0 Å². The molecule has 112 valence electrons. The van der Waals surface area contributed by atoms with E-state index in [9.17, 15) is 0 Å². The fraction of sp³-hybridized carbons (Fsp3) is 0.471. The second-order valence-electron chi connectivity index (χ2n) is 6.22. The number of anilines is 1. The van der Waals surface area contributed by atoms with Gasteiger partial charge in [-0.15, -0.1) is 0 Å². The molecule has 0 aliphatic carbocycles. The predicted octanol–water partition coefficient (Wildman–Crippen LogP) is 3.29. The van der Waals surface area contributed by atoms with Crippen LogP contribution in [0.15, 0.2) is 30.3 Å². The average molecular weight is 301 g/mol. The number of fused-ring (bicyclic) bond motifs is 1. The fourth-order valence-electron chi connectivity index (χ4n) is 2.94. The summed E-state index contributed by atoms with van der Waals surface area (Å²) in [4.78, 5) is 7.39. The zero-order chi connectivity index (χ0) is 14.9. The van der Waals surface area contributed by atoms with Gasteiger partial charge in [-0.25, -0.2) is 4.98 Å². The molecule has 2 aromatic rings. The Bertz CT molecular complexity index is 639.